The second kappa shape index (κ2) is 7.68. The van der Waals surface area contributed by atoms with Crippen molar-refractivity contribution in [3.8, 4) is 0 Å². The molecule has 0 saturated carbocycles. The zero-order valence-corrected chi connectivity index (χ0v) is 15.5. The normalized spacial score (nSPS) is 17.0. The summed E-state index contributed by atoms with van der Waals surface area (Å²) in [6.45, 7) is 7.24. The fourth-order valence-corrected chi connectivity index (χ4v) is 3.44. The number of rotatable bonds is 5. The molecule has 1 N–H and O–H groups in total. The zero-order valence-electron chi connectivity index (χ0n) is 15.5. The van der Waals surface area contributed by atoms with Gasteiger partial charge in [0.1, 0.15) is 0 Å². The number of carbonyl (C=O) groups excluding carboxylic acids is 2. The van der Waals surface area contributed by atoms with Crippen LogP contribution < -0.4 is 10.2 Å². The molecule has 0 bridgehead atoms. The number of nitrogens with one attached hydrogen (secondary N) is 1. The van der Waals surface area contributed by atoms with E-state index in [0.717, 1.165) is 11.3 Å². The van der Waals surface area contributed by atoms with Crippen molar-refractivity contribution in [2.24, 2.45) is 5.92 Å². The van der Waals surface area contributed by atoms with Gasteiger partial charge in [0, 0.05) is 37.6 Å². The number of aryl methyl sites for hydroxylation is 1. The number of amides is 2. The topological polar surface area (TPSA) is 62.3 Å². The molecular formula is C21H25N3O2. The Morgan fingerprint density at radius 3 is 2.81 bits per heavy atom. The molecule has 3 rings (SSSR count). The third kappa shape index (κ3) is 3.93. The molecule has 1 atom stereocenters. The molecule has 1 saturated heterocycles. The molecule has 0 spiro atoms. The lowest BCUT2D eigenvalue weighted by Crippen LogP contribution is -2.32. The van der Waals surface area contributed by atoms with Crippen LogP contribution in [0.2, 0.25) is 0 Å². The number of carbonyl (C=O) groups is 2. The van der Waals surface area contributed by atoms with Crippen LogP contribution in [0, 0.1) is 12.8 Å². The summed E-state index contributed by atoms with van der Waals surface area (Å²) < 4.78 is 0. The van der Waals surface area contributed by atoms with E-state index in [1.54, 1.807) is 17.3 Å². The van der Waals surface area contributed by atoms with Crippen LogP contribution in [-0.4, -0.2) is 23.3 Å². The Hall–Kier alpha value is -2.69. The number of benzene rings is 1. The van der Waals surface area contributed by atoms with E-state index in [1.165, 1.54) is 11.1 Å². The second-order valence-corrected chi connectivity index (χ2v) is 7.18. The van der Waals surface area contributed by atoms with Crippen molar-refractivity contribution < 1.29 is 9.59 Å². The number of hydrogen-bond donors (Lipinski definition) is 1. The third-order valence-corrected chi connectivity index (χ3v) is 4.87. The summed E-state index contributed by atoms with van der Waals surface area (Å²) in [6.07, 6.45) is 3.68. The van der Waals surface area contributed by atoms with E-state index >= 15 is 0 Å². The Labute approximate surface area is 154 Å². The molecule has 0 aliphatic carbocycles. The maximum atomic E-state index is 12.4. The smallest absolute Gasteiger partial charge is 0.227 e. The van der Waals surface area contributed by atoms with Crippen LogP contribution in [0.3, 0.4) is 0 Å². The van der Waals surface area contributed by atoms with E-state index in [0.29, 0.717) is 19.0 Å². The minimum Gasteiger partial charge on any atom is -0.352 e. The highest BCUT2D eigenvalue weighted by atomic mass is 16.2. The fourth-order valence-electron chi connectivity index (χ4n) is 3.44. The molecule has 0 unspecified atom stereocenters. The minimum absolute atomic E-state index is 0.00299. The largest absolute Gasteiger partial charge is 0.352 e. The summed E-state index contributed by atoms with van der Waals surface area (Å²) in [6, 6.07) is 9.86. The fraction of sp³-hybridized carbons (Fsp3) is 0.381. The minimum atomic E-state index is -0.316. The predicted octanol–water partition coefficient (Wildman–Crippen LogP) is 3.18. The average molecular weight is 351 g/mol. The first kappa shape index (κ1) is 18.1. The highest BCUT2D eigenvalue weighted by Crippen LogP contribution is 2.29. The van der Waals surface area contributed by atoms with E-state index in [2.05, 4.69) is 37.1 Å². The van der Waals surface area contributed by atoms with Gasteiger partial charge in [0.2, 0.25) is 11.8 Å². The molecule has 26 heavy (non-hydrogen) atoms. The Kier molecular flexibility index (Phi) is 5.35. The Bertz CT molecular complexity index is 802. The summed E-state index contributed by atoms with van der Waals surface area (Å²) in [7, 11) is 0. The lowest BCUT2D eigenvalue weighted by molar-refractivity contribution is -0.126. The molecule has 1 aliphatic heterocycles. The van der Waals surface area contributed by atoms with E-state index in [1.807, 2.05) is 24.3 Å². The van der Waals surface area contributed by atoms with E-state index in [4.69, 9.17) is 0 Å². The molecule has 2 aromatic rings. The first-order valence-electron chi connectivity index (χ1n) is 9.03. The predicted molar refractivity (Wildman–Crippen MR) is 102 cm³/mol. The summed E-state index contributed by atoms with van der Waals surface area (Å²) in [5, 5.41) is 2.91. The molecule has 1 aromatic carbocycles. The van der Waals surface area contributed by atoms with Crippen LogP contribution in [-0.2, 0) is 16.1 Å². The highest BCUT2D eigenvalue weighted by Gasteiger charge is 2.35. The van der Waals surface area contributed by atoms with Gasteiger partial charge in [0.25, 0.3) is 0 Å². The summed E-state index contributed by atoms with van der Waals surface area (Å²) in [4.78, 5) is 30.6. The van der Waals surface area contributed by atoms with Crippen LogP contribution >= 0.6 is 0 Å². The van der Waals surface area contributed by atoms with Crippen molar-refractivity contribution in [1.82, 2.24) is 10.3 Å². The van der Waals surface area contributed by atoms with Crippen molar-refractivity contribution in [3.05, 3.63) is 59.4 Å². The zero-order chi connectivity index (χ0) is 18.7. The van der Waals surface area contributed by atoms with Crippen LogP contribution in [0.1, 0.15) is 42.9 Å². The summed E-state index contributed by atoms with van der Waals surface area (Å²) in [5.41, 5.74) is 4.28. The van der Waals surface area contributed by atoms with Gasteiger partial charge in [0.15, 0.2) is 0 Å². The number of aromatic nitrogens is 1. The number of nitrogens with zero attached hydrogens (tertiary/aromatic N) is 2. The van der Waals surface area contributed by atoms with Crippen molar-refractivity contribution in [2.45, 2.75) is 39.7 Å². The summed E-state index contributed by atoms with van der Waals surface area (Å²) in [5.74, 6) is 0.0528. The summed E-state index contributed by atoms with van der Waals surface area (Å²) >= 11 is 0. The van der Waals surface area contributed by atoms with Crippen LogP contribution in [0.5, 0.6) is 0 Å². The Morgan fingerprint density at radius 2 is 2.15 bits per heavy atom. The van der Waals surface area contributed by atoms with Crippen LogP contribution in [0.25, 0.3) is 0 Å². The van der Waals surface area contributed by atoms with Crippen molar-refractivity contribution in [3.63, 3.8) is 0 Å². The molecule has 5 heteroatoms. The number of pyridine rings is 1. The van der Waals surface area contributed by atoms with Gasteiger partial charge >= 0.3 is 0 Å². The first-order valence-corrected chi connectivity index (χ1v) is 9.03. The molecule has 5 nitrogen and oxygen atoms in total. The molecule has 1 aliphatic rings. The molecule has 2 heterocycles. The van der Waals surface area contributed by atoms with Crippen LogP contribution in [0.4, 0.5) is 5.69 Å². The van der Waals surface area contributed by atoms with Gasteiger partial charge in [-0.15, -0.1) is 0 Å². The van der Waals surface area contributed by atoms with Crippen molar-refractivity contribution in [2.75, 3.05) is 11.4 Å². The molecule has 1 fully saturated rings. The monoisotopic (exact) mass is 351 g/mol. The Balaban J connectivity index is 1.65. The van der Waals surface area contributed by atoms with Gasteiger partial charge < -0.3 is 10.2 Å². The highest BCUT2D eigenvalue weighted by molar-refractivity contribution is 6.00. The number of hydrogen-bond acceptors (Lipinski definition) is 3. The SMILES string of the molecule is Cc1cc(N2C[C@@H](C(=O)NCc3cccnc3)CC2=O)ccc1C(C)C. The van der Waals surface area contributed by atoms with Gasteiger partial charge in [-0.3, -0.25) is 14.6 Å². The first-order chi connectivity index (χ1) is 12.5. The van der Waals surface area contributed by atoms with Crippen molar-refractivity contribution in [1.29, 1.82) is 0 Å². The number of anilines is 1. The lowest BCUT2D eigenvalue weighted by atomic mass is 9.97. The molecule has 2 amide bonds. The lowest BCUT2D eigenvalue weighted by Gasteiger charge is -2.19. The standard InChI is InChI=1S/C21H25N3O2/c1-14(2)19-7-6-18(9-15(19)3)24-13-17(10-20(24)25)21(26)23-12-16-5-4-8-22-11-16/h4-9,11,14,17H,10,12-13H2,1-3H3,(H,23,26)/t17-/m0/s1. The molecule has 0 radical (unpaired) electrons. The average Bonchev–Trinajstić information content (AvgIpc) is 3.02. The van der Waals surface area contributed by atoms with Gasteiger partial charge in [-0.25, -0.2) is 0 Å². The van der Waals surface area contributed by atoms with Gasteiger partial charge in [0.05, 0.1) is 5.92 Å². The van der Waals surface area contributed by atoms with E-state index < -0.39 is 0 Å². The van der Waals surface area contributed by atoms with E-state index in [9.17, 15) is 9.59 Å². The third-order valence-electron chi connectivity index (χ3n) is 4.87. The molecular weight excluding hydrogens is 326 g/mol. The maximum Gasteiger partial charge on any atom is 0.227 e. The Morgan fingerprint density at radius 1 is 1.35 bits per heavy atom. The van der Waals surface area contributed by atoms with Gasteiger partial charge in [-0.1, -0.05) is 26.0 Å². The second-order valence-electron chi connectivity index (χ2n) is 7.18. The van der Waals surface area contributed by atoms with Crippen molar-refractivity contribution >= 4 is 17.5 Å². The molecule has 136 valence electrons. The van der Waals surface area contributed by atoms with Gasteiger partial charge in [-0.2, -0.15) is 0 Å². The molecule has 1 aromatic heterocycles. The van der Waals surface area contributed by atoms with Crippen LogP contribution in [0.15, 0.2) is 42.7 Å². The quantitative estimate of drug-likeness (QED) is 0.900. The van der Waals surface area contributed by atoms with E-state index in [-0.39, 0.29) is 24.2 Å². The maximum absolute atomic E-state index is 12.4. The van der Waals surface area contributed by atoms with Gasteiger partial charge in [-0.05, 0) is 47.7 Å².